The second-order valence-electron chi connectivity index (χ2n) is 7.25. The van der Waals surface area contributed by atoms with E-state index < -0.39 is 10.0 Å². The van der Waals surface area contributed by atoms with Crippen molar-refractivity contribution >= 4 is 21.6 Å². The SMILES string of the molecule is Cc1cccc(N(CC(=O)N2CCC[C@H](C)C2)S(=O)(=O)c2ccccc2)c1. The van der Waals surface area contributed by atoms with Gasteiger partial charge in [0.25, 0.3) is 10.0 Å². The zero-order chi connectivity index (χ0) is 19.4. The Labute approximate surface area is 161 Å². The standard InChI is InChI=1S/C21H26N2O3S/c1-17-8-6-10-19(14-17)23(27(25,26)20-11-4-3-5-12-20)16-21(24)22-13-7-9-18(2)15-22/h3-6,8,10-12,14,18H,7,9,13,15-16H2,1-2H3/t18-/m0/s1. The van der Waals surface area contributed by atoms with Gasteiger partial charge in [0.1, 0.15) is 6.54 Å². The van der Waals surface area contributed by atoms with E-state index in [2.05, 4.69) is 6.92 Å². The Morgan fingerprint density at radius 3 is 2.56 bits per heavy atom. The fourth-order valence-electron chi connectivity index (χ4n) is 3.46. The summed E-state index contributed by atoms with van der Waals surface area (Å²) in [7, 11) is -3.83. The van der Waals surface area contributed by atoms with E-state index in [4.69, 9.17) is 0 Å². The Hall–Kier alpha value is -2.34. The molecule has 1 aliphatic rings. The summed E-state index contributed by atoms with van der Waals surface area (Å²) < 4.78 is 27.8. The van der Waals surface area contributed by atoms with Crippen LogP contribution in [0, 0.1) is 12.8 Å². The molecule has 0 bridgehead atoms. The molecule has 0 radical (unpaired) electrons. The summed E-state index contributed by atoms with van der Waals surface area (Å²) in [5, 5.41) is 0. The third kappa shape index (κ3) is 4.50. The van der Waals surface area contributed by atoms with E-state index in [0.29, 0.717) is 24.7 Å². The number of aryl methyl sites for hydroxylation is 1. The topological polar surface area (TPSA) is 57.7 Å². The van der Waals surface area contributed by atoms with Crippen molar-refractivity contribution in [2.75, 3.05) is 23.9 Å². The summed E-state index contributed by atoms with van der Waals surface area (Å²) >= 11 is 0. The van der Waals surface area contributed by atoms with Crippen molar-refractivity contribution in [3.8, 4) is 0 Å². The Bertz CT molecular complexity index is 897. The molecule has 6 heteroatoms. The number of amides is 1. The Balaban J connectivity index is 1.94. The number of sulfonamides is 1. The fourth-order valence-corrected chi connectivity index (χ4v) is 4.88. The van der Waals surface area contributed by atoms with Crippen molar-refractivity contribution in [1.29, 1.82) is 0 Å². The van der Waals surface area contributed by atoms with Gasteiger partial charge in [-0.05, 0) is 55.5 Å². The maximum absolute atomic E-state index is 13.3. The van der Waals surface area contributed by atoms with Crippen molar-refractivity contribution in [3.05, 3.63) is 60.2 Å². The zero-order valence-electron chi connectivity index (χ0n) is 15.8. The van der Waals surface area contributed by atoms with Crippen LogP contribution in [-0.4, -0.2) is 38.9 Å². The average Bonchev–Trinajstić information content (AvgIpc) is 2.66. The van der Waals surface area contributed by atoms with Crippen LogP contribution in [0.4, 0.5) is 5.69 Å². The van der Waals surface area contributed by atoms with Gasteiger partial charge in [-0.3, -0.25) is 9.10 Å². The number of nitrogens with zero attached hydrogens (tertiary/aromatic N) is 2. The minimum atomic E-state index is -3.83. The van der Waals surface area contributed by atoms with Crippen LogP contribution in [0.2, 0.25) is 0 Å². The van der Waals surface area contributed by atoms with E-state index in [0.717, 1.165) is 18.4 Å². The van der Waals surface area contributed by atoms with Gasteiger partial charge >= 0.3 is 0 Å². The molecule has 2 aromatic carbocycles. The number of hydrogen-bond acceptors (Lipinski definition) is 3. The van der Waals surface area contributed by atoms with Gasteiger partial charge in [0.2, 0.25) is 5.91 Å². The number of carbonyl (C=O) groups excluding carboxylic acids is 1. The van der Waals surface area contributed by atoms with Gasteiger partial charge < -0.3 is 4.90 Å². The first kappa shape index (κ1) is 19.4. The van der Waals surface area contributed by atoms with Crippen LogP contribution in [0.1, 0.15) is 25.3 Å². The number of piperidine rings is 1. The maximum Gasteiger partial charge on any atom is 0.264 e. The summed E-state index contributed by atoms with van der Waals surface area (Å²) in [4.78, 5) is 14.9. The third-order valence-corrected chi connectivity index (χ3v) is 6.70. The minimum Gasteiger partial charge on any atom is -0.341 e. The highest BCUT2D eigenvalue weighted by Gasteiger charge is 2.30. The summed E-state index contributed by atoms with van der Waals surface area (Å²) in [6, 6.07) is 15.5. The molecule has 1 amide bonds. The number of rotatable bonds is 5. The van der Waals surface area contributed by atoms with Crippen molar-refractivity contribution in [1.82, 2.24) is 4.90 Å². The molecule has 0 aliphatic carbocycles. The number of anilines is 1. The highest BCUT2D eigenvalue weighted by Crippen LogP contribution is 2.25. The highest BCUT2D eigenvalue weighted by atomic mass is 32.2. The predicted molar refractivity (Wildman–Crippen MR) is 107 cm³/mol. The second kappa shape index (κ2) is 8.13. The lowest BCUT2D eigenvalue weighted by Gasteiger charge is -2.33. The summed E-state index contributed by atoms with van der Waals surface area (Å²) in [5.74, 6) is 0.295. The second-order valence-corrected chi connectivity index (χ2v) is 9.11. The van der Waals surface area contributed by atoms with Gasteiger partial charge in [-0.1, -0.05) is 37.3 Å². The van der Waals surface area contributed by atoms with Gasteiger partial charge in [0.15, 0.2) is 0 Å². The van der Waals surface area contributed by atoms with E-state index in [9.17, 15) is 13.2 Å². The van der Waals surface area contributed by atoms with Crippen LogP contribution >= 0.6 is 0 Å². The van der Waals surface area contributed by atoms with Gasteiger partial charge in [-0.2, -0.15) is 0 Å². The first-order chi connectivity index (χ1) is 12.9. The summed E-state index contributed by atoms with van der Waals surface area (Å²) in [5.41, 5.74) is 1.46. The van der Waals surface area contributed by atoms with Crippen molar-refractivity contribution < 1.29 is 13.2 Å². The molecule has 1 heterocycles. The van der Waals surface area contributed by atoms with E-state index >= 15 is 0 Å². The molecule has 27 heavy (non-hydrogen) atoms. The third-order valence-electron chi connectivity index (χ3n) is 4.91. The van der Waals surface area contributed by atoms with Gasteiger partial charge in [-0.15, -0.1) is 0 Å². The van der Waals surface area contributed by atoms with Crippen molar-refractivity contribution in [2.24, 2.45) is 5.92 Å². The molecule has 3 rings (SSSR count). The largest absolute Gasteiger partial charge is 0.341 e. The molecular formula is C21H26N2O3S. The molecule has 0 spiro atoms. The van der Waals surface area contributed by atoms with Crippen molar-refractivity contribution in [2.45, 2.75) is 31.6 Å². The molecular weight excluding hydrogens is 360 g/mol. The van der Waals surface area contributed by atoms with Gasteiger partial charge in [-0.25, -0.2) is 8.42 Å². The van der Waals surface area contributed by atoms with E-state index in [-0.39, 0.29) is 17.3 Å². The molecule has 1 fully saturated rings. The number of carbonyl (C=O) groups is 1. The molecule has 2 aromatic rings. The monoisotopic (exact) mass is 386 g/mol. The molecule has 144 valence electrons. The van der Waals surface area contributed by atoms with Crippen LogP contribution in [-0.2, 0) is 14.8 Å². The Morgan fingerprint density at radius 1 is 1.15 bits per heavy atom. The molecule has 1 saturated heterocycles. The Morgan fingerprint density at radius 2 is 1.89 bits per heavy atom. The molecule has 0 saturated carbocycles. The van der Waals surface area contributed by atoms with Crippen LogP contribution in [0.5, 0.6) is 0 Å². The van der Waals surface area contributed by atoms with E-state index in [1.165, 1.54) is 4.31 Å². The zero-order valence-corrected chi connectivity index (χ0v) is 16.7. The first-order valence-electron chi connectivity index (χ1n) is 9.30. The number of hydrogen-bond donors (Lipinski definition) is 0. The molecule has 0 unspecified atom stereocenters. The number of benzene rings is 2. The molecule has 1 atom stereocenters. The van der Waals surface area contributed by atoms with Crippen LogP contribution < -0.4 is 4.31 Å². The smallest absolute Gasteiger partial charge is 0.264 e. The molecule has 0 aromatic heterocycles. The lowest BCUT2D eigenvalue weighted by atomic mass is 10.0. The van der Waals surface area contributed by atoms with Crippen LogP contribution in [0.15, 0.2) is 59.5 Å². The van der Waals surface area contributed by atoms with E-state index in [1.54, 1.807) is 47.4 Å². The number of likely N-dealkylation sites (tertiary alicyclic amines) is 1. The molecule has 5 nitrogen and oxygen atoms in total. The highest BCUT2D eigenvalue weighted by molar-refractivity contribution is 7.92. The van der Waals surface area contributed by atoms with Crippen LogP contribution in [0.3, 0.4) is 0 Å². The summed E-state index contributed by atoms with van der Waals surface area (Å²) in [6.45, 7) is 5.22. The van der Waals surface area contributed by atoms with Gasteiger partial charge in [0, 0.05) is 13.1 Å². The normalized spacial score (nSPS) is 17.6. The maximum atomic E-state index is 13.3. The minimum absolute atomic E-state index is 0.150. The van der Waals surface area contributed by atoms with E-state index in [1.807, 2.05) is 19.1 Å². The summed E-state index contributed by atoms with van der Waals surface area (Å²) in [6.07, 6.45) is 2.07. The first-order valence-corrected chi connectivity index (χ1v) is 10.7. The van der Waals surface area contributed by atoms with Gasteiger partial charge in [0.05, 0.1) is 10.6 Å². The quantitative estimate of drug-likeness (QED) is 0.791. The van der Waals surface area contributed by atoms with Crippen LogP contribution in [0.25, 0.3) is 0 Å². The average molecular weight is 387 g/mol. The lowest BCUT2D eigenvalue weighted by molar-refractivity contribution is -0.131. The molecule has 0 N–H and O–H groups in total. The fraction of sp³-hybridized carbons (Fsp3) is 0.381. The Kier molecular flexibility index (Phi) is 5.85. The lowest BCUT2D eigenvalue weighted by Crippen LogP contribution is -2.46. The van der Waals surface area contributed by atoms with Crippen molar-refractivity contribution in [3.63, 3.8) is 0 Å². The predicted octanol–water partition coefficient (Wildman–Crippen LogP) is 3.45. The molecule has 1 aliphatic heterocycles.